The second kappa shape index (κ2) is 34.5. The molecule has 0 rings (SSSR count). The van der Waals surface area contributed by atoms with E-state index in [0.717, 1.165) is 32.1 Å². The average Bonchev–Trinajstić information content (AvgIpc) is 3.00. The molecule has 0 radical (unpaired) electrons. The van der Waals surface area contributed by atoms with Gasteiger partial charge in [-0.25, -0.2) is 4.79 Å². The number of rotatable bonds is 35. The first kappa shape index (κ1) is 44.1. The molecule has 45 heavy (non-hydrogen) atoms. The lowest BCUT2D eigenvalue weighted by Gasteiger charge is -2.19. The molecule has 6 heteroatoms. The van der Waals surface area contributed by atoms with Crippen LogP contribution in [-0.2, 0) is 14.2 Å². The Morgan fingerprint density at radius 1 is 0.556 bits per heavy atom. The summed E-state index contributed by atoms with van der Waals surface area (Å²) in [6.07, 6.45) is 35.0. The minimum absolute atomic E-state index is 0.0412. The van der Waals surface area contributed by atoms with Crippen molar-refractivity contribution < 1.29 is 19.0 Å². The highest BCUT2D eigenvalue weighted by Crippen LogP contribution is 2.18. The van der Waals surface area contributed by atoms with Crippen LogP contribution in [0.15, 0.2) is 0 Å². The fourth-order valence-electron chi connectivity index (χ4n) is 5.70. The lowest BCUT2D eigenvalue weighted by atomic mass is 10.0. The number of hydrogen-bond acceptors (Lipinski definition) is 5. The standard InChI is InChI=1S/C39H80N2O4/c1-6-8-10-12-14-16-18-20-22-24-26-28-31-37(32-29-27-25-23-21-19-17-15-13-11-9-7-2)45-38(42)41-33-30-34-43-35-40-36-44-39(3,4)5/h37,40H,6-36H2,1-5H3,(H,41,42). The van der Waals surface area contributed by atoms with Gasteiger partial charge in [-0.2, -0.15) is 0 Å². The lowest BCUT2D eigenvalue weighted by Crippen LogP contribution is -2.31. The Labute approximate surface area is 281 Å². The van der Waals surface area contributed by atoms with Gasteiger partial charge in [-0.1, -0.05) is 155 Å². The molecule has 0 fully saturated rings. The third-order valence-corrected chi connectivity index (χ3v) is 8.58. The van der Waals surface area contributed by atoms with E-state index in [9.17, 15) is 4.79 Å². The average molecular weight is 641 g/mol. The quantitative estimate of drug-likeness (QED) is 0.0533. The number of hydrogen-bond donors (Lipinski definition) is 2. The topological polar surface area (TPSA) is 68.8 Å². The van der Waals surface area contributed by atoms with Crippen LogP contribution in [-0.4, -0.2) is 44.4 Å². The monoisotopic (exact) mass is 641 g/mol. The van der Waals surface area contributed by atoms with E-state index >= 15 is 0 Å². The van der Waals surface area contributed by atoms with Crippen LogP contribution in [0, 0.1) is 0 Å². The molecule has 0 saturated heterocycles. The van der Waals surface area contributed by atoms with Gasteiger partial charge in [0.05, 0.1) is 25.7 Å². The number of carbonyl (C=O) groups excluding carboxylic acids is 1. The molecule has 0 bridgehead atoms. The first-order valence-electron chi connectivity index (χ1n) is 19.8. The zero-order chi connectivity index (χ0) is 33.1. The molecule has 2 N–H and O–H groups in total. The van der Waals surface area contributed by atoms with Crippen LogP contribution in [0.2, 0.25) is 0 Å². The lowest BCUT2D eigenvalue weighted by molar-refractivity contribution is -0.0277. The Morgan fingerprint density at radius 3 is 1.36 bits per heavy atom. The highest BCUT2D eigenvalue weighted by molar-refractivity contribution is 5.67. The van der Waals surface area contributed by atoms with Gasteiger partial charge in [0.1, 0.15) is 6.10 Å². The summed E-state index contributed by atoms with van der Waals surface area (Å²) in [5.41, 5.74) is -0.158. The molecular weight excluding hydrogens is 560 g/mol. The van der Waals surface area contributed by atoms with Gasteiger partial charge in [0.25, 0.3) is 0 Å². The van der Waals surface area contributed by atoms with Gasteiger partial charge in [0, 0.05) is 6.54 Å². The predicted octanol–water partition coefficient (Wildman–Crippen LogP) is 12.0. The summed E-state index contributed by atoms with van der Waals surface area (Å²) in [7, 11) is 0. The van der Waals surface area contributed by atoms with Crippen LogP contribution >= 0.6 is 0 Å². The zero-order valence-electron chi connectivity index (χ0n) is 31.1. The fraction of sp³-hybridized carbons (Fsp3) is 0.974. The van der Waals surface area contributed by atoms with Crippen LogP contribution < -0.4 is 10.6 Å². The molecule has 0 aliphatic heterocycles. The van der Waals surface area contributed by atoms with Crippen LogP contribution in [0.25, 0.3) is 0 Å². The molecular formula is C39H80N2O4. The summed E-state index contributed by atoms with van der Waals surface area (Å²) in [6, 6.07) is 0. The highest BCUT2D eigenvalue weighted by atomic mass is 16.6. The number of amides is 1. The van der Waals surface area contributed by atoms with Crippen molar-refractivity contribution in [1.29, 1.82) is 0 Å². The van der Waals surface area contributed by atoms with Gasteiger partial charge in [0.15, 0.2) is 0 Å². The van der Waals surface area contributed by atoms with E-state index in [0.29, 0.717) is 26.6 Å². The summed E-state index contributed by atoms with van der Waals surface area (Å²) < 4.78 is 17.1. The summed E-state index contributed by atoms with van der Waals surface area (Å²) in [4.78, 5) is 12.6. The van der Waals surface area contributed by atoms with Crippen molar-refractivity contribution in [1.82, 2.24) is 10.6 Å². The number of ether oxygens (including phenoxy) is 3. The van der Waals surface area contributed by atoms with Gasteiger partial charge in [0.2, 0.25) is 0 Å². The zero-order valence-corrected chi connectivity index (χ0v) is 31.1. The third-order valence-electron chi connectivity index (χ3n) is 8.58. The predicted molar refractivity (Wildman–Crippen MR) is 194 cm³/mol. The smallest absolute Gasteiger partial charge is 0.407 e. The molecule has 0 heterocycles. The van der Waals surface area contributed by atoms with E-state index in [1.54, 1.807) is 0 Å². The Balaban J connectivity index is 4.09. The van der Waals surface area contributed by atoms with Gasteiger partial charge in [-0.05, 0) is 52.9 Å². The summed E-state index contributed by atoms with van der Waals surface area (Å²) in [5.74, 6) is 0. The minimum Gasteiger partial charge on any atom is -0.446 e. The number of nitrogens with one attached hydrogen (secondary N) is 2. The van der Waals surface area contributed by atoms with E-state index in [1.165, 1.54) is 141 Å². The van der Waals surface area contributed by atoms with Crippen LogP contribution in [0.5, 0.6) is 0 Å². The molecule has 0 saturated carbocycles. The van der Waals surface area contributed by atoms with Gasteiger partial charge in [-0.3, -0.25) is 5.32 Å². The van der Waals surface area contributed by atoms with Gasteiger partial charge in [-0.15, -0.1) is 0 Å². The Hall–Kier alpha value is -0.850. The van der Waals surface area contributed by atoms with Crippen molar-refractivity contribution in [3.8, 4) is 0 Å². The minimum atomic E-state index is -0.269. The Morgan fingerprint density at radius 2 is 0.956 bits per heavy atom. The van der Waals surface area contributed by atoms with E-state index in [2.05, 4.69) is 24.5 Å². The van der Waals surface area contributed by atoms with E-state index in [-0.39, 0.29) is 17.8 Å². The molecule has 0 atom stereocenters. The second-order valence-electron chi connectivity index (χ2n) is 14.4. The first-order chi connectivity index (χ1) is 21.9. The van der Waals surface area contributed by atoms with E-state index in [4.69, 9.17) is 14.2 Å². The Bertz CT molecular complexity index is 568. The molecule has 0 aliphatic rings. The first-order valence-corrected chi connectivity index (χ1v) is 19.8. The van der Waals surface area contributed by atoms with Gasteiger partial charge >= 0.3 is 6.09 Å². The van der Waals surface area contributed by atoms with Crippen LogP contribution in [0.3, 0.4) is 0 Å². The second-order valence-corrected chi connectivity index (χ2v) is 14.4. The number of alkyl carbamates (subject to hydrolysis) is 1. The highest BCUT2D eigenvalue weighted by Gasteiger charge is 2.14. The molecule has 270 valence electrons. The van der Waals surface area contributed by atoms with Crippen molar-refractivity contribution in [2.75, 3.05) is 26.6 Å². The van der Waals surface area contributed by atoms with E-state index < -0.39 is 0 Å². The Kier molecular flexibility index (Phi) is 33.8. The SMILES string of the molecule is CCCCCCCCCCCCCCC(CCCCCCCCCCCCCC)OC(=O)NCCCOCNCOC(C)(C)C. The normalized spacial score (nSPS) is 11.9. The maximum atomic E-state index is 12.6. The third kappa shape index (κ3) is 37.5. The van der Waals surface area contributed by atoms with Crippen molar-refractivity contribution in [3.63, 3.8) is 0 Å². The molecule has 0 aliphatic carbocycles. The fourth-order valence-corrected chi connectivity index (χ4v) is 5.70. The maximum absolute atomic E-state index is 12.6. The largest absolute Gasteiger partial charge is 0.446 e. The van der Waals surface area contributed by atoms with Crippen molar-refractivity contribution in [3.05, 3.63) is 0 Å². The van der Waals surface area contributed by atoms with Crippen LogP contribution in [0.4, 0.5) is 4.79 Å². The number of unbranched alkanes of at least 4 members (excludes halogenated alkanes) is 22. The summed E-state index contributed by atoms with van der Waals surface area (Å²) in [6.45, 7) is 12.7. The van der Waals surface area contributed by atoms with Crippen LogP contribution in [0.1, 0.15) is 208 Å². The maximum Gasteiger partial charge on any atom is 0.407 e. The van der Waals surface area contributed by atoms with Gasteiger partial charge < -0.3 is 19.5 Å². The van der Waals surface area contributed by atoms with Crippen molar-refractivity contribution in [2.45, 2.75) is 220 Å². The summed E-state index contributed by atoms with van der Waals surface area (Å²) >= 11 is 0. The molecule has 0 aromatic rings. The molecule has 0 unspecified atom stereocenters. The summed E-state index contributed by atoms with van der Waals surface area (Å²) in [5, 5.41) is 6.05. The molecule has 0 aromatic carbocycles. The molecule has 0 aromatic heterocycles. The molecule has 0 spiro atoms. The van der Waals surface area contributed by atoms with Crippen molar-refractivity contribution >= 4 is 6.09 Å². The van der Waals surface area contributed by atoms with E-state index in [1.807, 2.05) is 20.8 Å². The van der Waals surface area contributed by atoms with Crippen molar-refractivity contribution in [2.24, 2.45) is 0 Å². The molecule has 6 nitrogen and oxygen atoms in total. The number of carbonyl (C=O) groups is 1. The molecule has 1 amide bonds.